The van der Waals surface area contributed by atoms with Gasteiger partial charge >= 0.3 is 5.97 Å². The summed E-state index contributed by atoms with van der Waals surface area (Å²) in [5.74, 6) is 1.70. The van der Waals surface area contributed by atoms with Crippen LogP contribution < -0.4 is 9.64 Å². The summed E-state index contributed by atoms with van der Waals surface area (Å²) in [7, 11) is 0. The molecule has 6 nitrogen and oxygen atoms in total. The number of esters is 1. The summed E-state index contributed by atoms with van der Waals surface area (Å²) in [6, 6.07) is 6.18. The molecule has 0 unspecified atom stereocenters. The quantitative estimate of drug-likeness (QED) is 0.484. The van der Waals surface area contributed by atoms with E-state index in [0.29, 0.717) is 6.42 Å². The minimum absolute atomic E-state index is 0.109. The van der Waals surface area contributed by atoms with E-state index in [1.807, 2.05) is 19.9 Å². The molecule has 0 N–H and O–H groups in total. The van der Waals surface area contributed by atoms with Crippen molar-refractivity contribution in [3.8, 4) is 5.75 Å². The fourth-order valence-electron chi connectivity index (χ4n) is 4.28. The summed E-state index contributed by atoms with van der Waals surface area (Å²) in [5.41, 5.74) is 3.38. The summed E-state index contributed by atoms with van der Waals surface area (Å²) < 4.78 is 11.9. The van der Waals surface area contributed by atoms with Crippen LogP contribution in [0.15, 0.2) is 24.4 Å². The number of carbonyl (C=O) groups excluding carboxylic acids is 1. The number of fused-ring (bicyclic) bond motifs is 1. The maximum absolute atomic E-state index is 11.8. The van der Waals surface area contributed by atoms with Crippen LogP contribution in [0.2, 0.25) is 5.28 Å². The first-order chi connectivity index (χ1) is 14.5. The van der Waals surface area contributed by atoms with Crippen LogP contribution in [-0.2, 0) is 16.0 Å². The van der Waals surface area contributed by atoms with Gasteiger partial charge in [-0.25, -0.2) is 9.97 Å². The molecule has 0 saturated carbocycles. The molecular weight excluding hydrogens is 402 g/mol. The minimum atomic E-state index is -0.112. The number of hydrogen-bond acceptors (Lipinski definition) is 6. The summed E-state index contributed by atoms with van der Waals surface area (Å²) >= 11 is 5.97. The highest BCUT2D eigenvalue weighted by atomic mass is 35.5. The zero-order chi connectivity index (χ0) is 21.1. The number of aromatic nitrogens is 2. The number of piperidine rings is 1. The Morgan fingerprint density at radius 2 is 2.07 bits per heavy atom. The van der Waals surface area contributed by atoms with Crippen molar-refractivity contribution in [2.45, 2.75) is 64.6 Å². The summed E-state index contributed by atoms with van der Waals surface area (Å²) in [5, 5.41) is 0.283. The van der Waals surface area contributed by atoms with Gasteiger partial charge in [-0.05, 0) is 61.0 Å². The first-order valence-corrected chi connectivity index (χ1v) is 11.1. The number of ether oxygens (including phenoxy) is 2. The average molecular weight is 430 g/mol. The molecule has 0 spiro atoms. The van der Waals surface area contributed by atoms with E-state index in [1.165, 1.54) is 5.56 Å². The predicted octanol–water partition coefficient (Wildman–Crippen LogP) is 4.82. The average Bonchev–Trinajstić information content (AvgIpc) is 3.12. The molecule has 1 fully saturated rings. The van der Waals surface area contributed by atoms with Gasteiger partial charge in [-0.1, -0.05) is 13.0 Å². The van der Waals surface area contributed by atoms with E-state index < -0.39 is 0 Å². The Labute approximate surface area is 182 Å². The zero-order valence-corrected chi connectivity index (χ0v) is 18.3. The third kappa shape index (κ3) is 4.69. The Bertz CT molecular complexity index is 913. The van der Waals surface area contributed by atoms with Crippen LogP contribution in [0, 0.1) is 6.92 Å². The first-order valence-electron chi connectivity index (χ1n) is 10.8. The molecule has 1 aliphatic heterocycles. The highest BCUT2D eigenvalue weighted by molar-refractivity contribution is 6.28. The van der Waals surface area contributed by atoms with E-state index in [-0.39, 0.29) is 23.5 Å². The third-order valence-electron chi connectivity index (χ3n) is 5.82. The molecular formula is C23H28ClN3O3. The highest BCUT2D eigenvalue weighted by Crippen LogP contribution is 2.37. The van der Waals surface area contributed by atoms with Crippen LogP contribution in [0.1, 0.15) is 61.8 Å². The molecule has 1 atom stereocenters. The van der Waals surface area contributed by atoms with Gasteiger partial charge in [0.2, 0.25) is 5.28 Å². The van der Waals surface area contributed by atoms with Crippen molar-refractivity contribution in [3.63, 3.8) is 0 Å². The maximum Gasteiger partial charge on any atom is 0.306 e. The SMILES string of the molecule is CCCC(=O)O[C@H]1CCc2cc(OC3CCN(c4nc(Cl)ncc4C)CC3)ccc21. The Balaban J connectivity index is 1.34. The van der Waals surface area contributed by atoms with Crippen molar-refractivity contribution in [2.75, 3.05) is 18.0 Å². The second-order valence-electron chi connectivity index (χ2n) is 8.08. The number of anilines is 1. The predicted molar refractivity (Wildman–Crippen MR) is 116 cm³/mol. The lowest BCUT2D eigenvalue weighted by molar-refractivity contribution is -0.149. The number of carbonyl (C=O) groups is 1. The highest BCUT2D eigenvalue weighted by Gasteiger charge is 2.27. The molecule has 1 aromatic carbocycles. The van der Waals surface area contributed by atoms with Crippen molar-refractivity contribution in [1.82, 2.24) is 9.97 Å². The molecule has 0 amide bonds. The molecule has 0 bridgehead atoms. The van der Waals surface area contributed by atoms with Crippen molar-refractivity contribution in [1.29, 1.82) is 0 Å². The molecule has 2 heterocycles. The van der Waals surface area contributed by atoms with Crippen molar-refractivity contribution in [2.24, 2.45) is 0 Å². The van der Waals surface area contributed by atoms with Gasteiger partial charge in [-0.3, -0.25) is 4.79 Å². The number of benzene rings is 1. The lowest BCUT2D eigenvalue weighted by Gasteiger charge is -2.33. The van der Waals surface area contributed by atoms with Crippen LogP contribution in [0.3, 0.4) is 0 Å². The normalized spacial score (nSPS) is 18.9. The second-order valence-corrected chi connectivity index (χ2v) is 8.42. The monoisotopic (exact) mass is 429 g/mol. The molecule has 0 radical (unpaired) electrons. The van der Waals surface area contributed by atoms with Crippen molar-refractivity contribution >= 4 is 23.4 Å². The number of nitrogens with zero attached hydrogens (tertiary/aromatic N) is 3. The van der Waals surface area contributed by atoms with Crippen LogP contribution in [-0.4, -0.2) is 35.1 Å². The van der Waals surface area contributed by atoms with Crippen molar-refractivity contribution < 1.29 is 14.3 Å². The topological polar surface area (TPSA) is 64.6 Å². The largest absolute Gasteiger partial charge is 0.490 e. The molecule has 30 heavy (non-hydrogen) atoms. The Morgan fingerprint density at radius 1 is 1.27 bits per heavy atom. The van der Waals surface area contributed by atoms with Crippen LogP contribution in [0.4, 0.5) is 5.82 Å². The second kappa shape index (κ2) is 9.21. The number of halogens is 1. The van der Waals surface area contributed by atoms with Gasteiger partial charge in [0.1, 0.15) is 23.8 Å². The lowest BCUT2D eigenvalue weighted by Crippen LogP contribution is -2.39. The molecule has 2 aliphatic rings. The van der Waals surface area contributed by atoms with Gasteiger partial charge in [0.25, 0.3) is 0 Å². The fraction of sp³-hybridized carbons (Fsp3) is 0.522. The van der Waals surface area contributed by atoms with Gasteiger partial charge in [-0.15, -0.1) is 0 Å². The molecule has 7 heteroatoms. The molecule has 4 rings (SSSR count). The van der Waals surface area contributed by atoms with Gasteiger partial charge in [-0.2, -0.15) is 0 Å². The van der Waals surface area contributed by atoms with E-state index in [1.54, 1.807) is 6.20 Å². The van der Waals surface area contributed by atoms with E-state index in [2.05, 4.69) is 27.0 Å². The molecule has 160 valence electrons. The van der Waals surface area contributed by atoms with Crippen LogP contribution in [0.5, 0.6) is 5.75 Å². The van der Waals surface area contributed by atoms with Gasteiger partial charge < -0.3 is 14.4 Å². The summed E-state index contributed by atoms with van der Waals surface area (Å²) in [4.78, 5) is 22.5. The first kappa shape index (κ1) is 20.9. The van der Waals surface area contributed by atoms with E-state index in [0.717, 1.165) is 67.9 Å². The van der Waals surface area contributed by atoms with E-state index >= 15 is 0 Å². The number of hydrogen-bond donors (Lipinski definition) is 0. The standard InChI is InChI=1S/C23H28ClN3O3/c1-3-4-21(28)30-20-8-5-16-13-18(6-7-19(16)20)29-17-9-11-27(12-10-17)22-15(2)14-25-23(24)26-22/h6-7,13-14,17,20H,3-5,8-12H2,1-2H3/t20-/m0/s1. The van der Waals surface area contributed by atoms with Crippen molar-refractivity contribution in [3.05, 3.63) is 46.4 Å². The number of aryl methyl sites for hydroxylation is 2. The van der Waals surface area contributed by atoms with E-state index in [9.17, 15) is 4.79 Å². The zero-order valence-electron chi connectivity index (χ0n) is 17.6. The van der Waals surface area contributed by atoms with Crippen LogP contribution in [0.25, 0.3) is 0 Å². The fourth-order valence-corrected chi connectivity index (χ4v) is 4.41. The third-order valence-corrected chi connectivity index (χ3v) is 6.01. The Hall–Kier alpha value is -2.34. The van der Waals surface area contributed by atoms with Gasteiger partial charge in [0, 0.05) is 44.1 Å². The van der Waals surface area contributed by atoms with Crippen LogP contribution >= 0.6 is 11.6 Å². The van der Waals surface area contributed by atoms with Gasteiger partial charge in [0.15, 0.2) is 0 Å². The molecule has 1 aliphatic carbocycles. The lowest BCUT2D eigenvalue weighted by atomic mass is 10.1. The number of rotatable bonds is 6. The molecule has 1 aromatic heterocycles. The Kier molecular flexibility index (Phi) is 6.42. The van der Waals surface area contributed by atoms with E-state index in [4.69, 9.17) is 21.1 Å². The molecule has 1 saturated heterocycles. The summed E-state index contributed by atoms with van der Waals surface area (Å²) in [6.45, 7) is 5.74. The van der Waals surface area contributed by atoms with Gasteiger partial charge in [0.05, 0.1) is 0 Å². The minimum Gasteiger partial charge on any atom is -0.490 e. The molecule has 2 aromatic rings. The smallest absolute Gasteiger partial charge is 0.306 e. The maximum atomic E-state index is 11.8. The Morgan fingerprint density at radius 3 is 2.83 bits per heavy atom. The summed E-state index contributed by atoms with van der Waals surface area (Å²) in [6.07, 6.45) is 6.75.